The zero-order chi connectivity index (χ0) is 30.2. The van der Waals surface area contributed by atoms with Crippen LogP contribution in [0.2, 0.25) is 36.1 Å². The summed E-state index contributed by atoms with van der Waals surface area (Å²) in [5, 5.41) is 12.7. The van der Waals surface area contributed by atoms with Crippen molar-refractivity contribution in [3.05, 3.63) is 77.1 Å². The summed E-state index contributed by atoms with van der Waals surface area (Å²) in [5.41, 5.74) is 2.85. The molecule has 6 rings (SSSR count). The third-order valence-electron chi connectivity index (χ3n) is 7.59. The fourth-order valence-electron chi connectivity index (χ4n) is 4.95. The molecule has 0 aliphatic heterocycles. The number of ether oxygens (including phenoxy) is 3. The van der Waals surface area contributed by atoms with Crippen LogP contribution in [0.15, 0.2) is 61.1 Å². The zero-order valence-electron chi connectivity index (χ0n) is 24.4. The van der Waals surface area contributed by atoms with Gasteiger partial charge in [-0.2, -0.15) is 4.98 Å². The highest BCUT2D eigenvalue weighted by Crippen LogP contribution is 2.41. The largest absolute Gasteiger partial charge is 0.489 e. The summed E-state index contributed by atoms with van der Waals surface area (Å²) in [6.45, 7) is 8.37. The van der Waals surface area contributed by atoms with Crippen molar-refractivity contribution in [2.75, 3.05) is 13.2 Å². The van der Waals surface area contributed by atoms with Gasteiger partial charge in [0.1, 0.15) is 41.2 Å². The molecule has 1 aliphatic rings. The number of aliphatic hydroxyl groups excluding tert-OH is 1. The molecular weight excluding hydrogens is 603 g/mol. The van der Waals surface area contributed by atoms with Gasteiger partial charge in [-0.1, -0.05) is 49.4 Å². The van der Waals surface area contributed by atoms with E-state index in [1.54, 1.807) is 12.4 Å². The van der Waals surface area contributed by atoms with Crippen LogP contribution in [0.5, 0.6) is 11.5 Å². The van der Waals surface area contributed by atoms with Crippen LogP contribution >= 0.6 is 23.2 Å². The molecule has 0 unspecified atom stereocenters. The Morgan fingerprint density at radius 2 is 1.79 bits per heavy atom. The first-order valence-corrected chi connectivity index (χ1v) is 18.8. The second kappa shape index (κ2) is 12.1. The SMILES string of the molecule is C[Si](C)(C)CCOCn1cc(-c2ccc3ccc(OCC4(Oc5cncc(CO)c5)CC4)cc3c2)c2c(Cl)nc(Cl)nc21. The molecule has 1 saturated carbocycles. The Morgan fingerprint density at radius 1 is 0.977 bits per heavy atom. The van der Waals surface area contributed by atoms with Crippen molar-refractivity contribution < 1.29 is 19.3 Å². The Morgan fingerprint density at radius 3 is 2.56 bits per heavy atom. The van der Waals surface area contributed by atoms with Gasteiger partial charge in [-0.05, 0) is 76.7 Å². The third kappa shape index (κ3) is 6.97. The Bertz CT molecular complexity index is 1790. The highest BCUT2D eigenvalue weighted by Gasteiger charge is 2.46. The molecule has 3 aromatic heterocycles. The fourth-order valence-corrected chi connectivity index (χ4v) is 6.18. The van der Waals surface area contributed by atoms with Gasteiger partial charge >= 0.3 is 0 Å². The maximum Gasteiger partial charge on any atom is 0.225 e. The number of hydrogen-bond acceptors (Lipinski definition) is 7. The molecule has 11 heteroatoms. The van der Waals surface area contributed by atoms with Crippen LogP contribution in [0.1, 0.15) is 18.4 Å². The molecule has 0 atom stereocenters. The molecule has 0 spiro atoms. The van der Waals surface area contributed by atoms with E-state index >= 15 is 0 Å². The minimum Gasteiger partial charge on any atom is -0.489 e. The average molecular weight is 638 g/mol. The molecule has 0 amide bonds. The number of hydrogen-bond donors (Lipinski definition) is 1. The standard InChI is InChI=1S/C32H34Cl2N4O4Si/c1-43(2,3)11-10-40-20-38-17-27(28-29(33)36-31(34)37-30(28)38)23-5-4-22-6-7-25(14-24(22)13-23)41-19-32(8-9-32)42-26-12-21(18-39)15-35-16-26/h4-7,12-17,39H,8-11,18-20H2,1-3H3. The highest BCUT2D eigenvalue weighted by atomic mass is 35.5. The van der Waals surface area contributed by atoms with E-state index in [9.17, 15) is 5.11 Å². The smallest absolute Gasteiger partial charge is 0.225 e. The summed E-state index contributed by atoms with van der Waals surface area (Å²) in [6.07, 6.45) is 7.09. The van der Waals surface area contributed by atoms with E-state index in [4.69, 9.17) is 37.4 Å². The number of aliphatic hydroxyl groups is 1. The van der Waals surface area contributed by atoms with Crippen LogP contribution in [0, 0.1) is 0 Å². The first-order valence-electron chi connectivity index (χ1n) is 14.3. The molecule has 43 heavy (non-hydrogen) atoms. The topological polar surface area (TPSA) is 91.5 Å². The number of aromatic nitrogens is 4. The molecule has 1 aliphatic carbocycles. The van der Waals surface area contributed by atoms with E-state index in [-0.39, 0.29) is 17.5 Å². The first-order chi connectivity index (χ1) is 20.6. The average Bonchev–Trinajstić information content (AvgIpc) is 3.64. The summed E-state index contributed by atoms with van der Waals surface area (Å²) in [5.74, 6) is 1.40. The van der Waals surface area contributed by atoms with Gasteiger partial charge in [0, 0.05) is 32.6 Å². The molecular formula is C32H34Cl2N4O4Si. The zero-order valence-corrected chi connectivity index (χ0v) is 27.0. The number of nitrogens with zero attached hydrogens (tertiary/aromatic N) is 4. The van der Waals surface area contributed by atoms with Crippen molar-refractivity contribution in [3.8, 4) is 22.6 Å². The van der Waals surface area contributed by atoms with Crippen molar-refractivity contribution in [1.29, 1.82) is 0 Å². The molecule has 3 heterocycles. The molecule has 1 N–H and O–H groups in total. The van der Waals surface area contributed by atoms with Crippen molar-refractivity contribution in [3.63, 3.8) is 0 Å². The van der Waals surface area contributed by atoms with Crippen molar-refractivity contribution in [2.24, 2.45) is 0 Å². The fraction of sp³-hybridized carbons (Fsp3) is 0.344. The lowest BCUT2D eigenvalue weighted by atomic mass is 10.0. The van der Waals surface area contributed by atoms with Crippen LogP contribution in [-0.4, -0.2) is 51.5 Å². The first kappa shape index (κ1) is 29.8. The third-order valence-corrected chi connectivity index (χ3v) is 9.74. The quantitative estimate of drug-likeness (QED) is 0.0648. The van der Waals surface area contributed by atoms with Gasteiger partial charge in [-0.3, -0.25) is 4.98 Å². The Labute approximate surface area is 261 Å². The van der Waals surface area contributed by atoms with Crippen LogP contribution in [0.25, 0.3) is 32.9 Å². The lowest BCUT2D eigenvalue weighted by Gasteiger charge is -2.19. The van der Waals surface area contributed by atoms with Gasteiger partial charge in [0.05, 0.1) is 18.2 Å². The number of benzene rings is 2. The minimum atomic E-state index is -1.21. The summed E-state index contributed by atoms with van der Waals surface area (Å²) in [6, 6.07) is 15.2. The van der Waals surface area contributed by atoms with Gasteiger partial charge in [-0.15, -0.1) is 0 Å². The molecule has 1 fully saturated rings. The van der Waals surface area contributed by atoms with E-state index in [2.05, 4.69) is 58.9 Å². The predicted octanol–water partition coefficient (Wildman–Crippen LogP) is 7.75. The van der Waals surface area contributed by atoms with E-state index in [1.165, 1.54) is 0 Å². The summed E-state index contributed by atoms with van der Waals surface area (Å²) < 4.78 is 20.4. The normalized spacial score (nSPS) is 14.4. The Balaban J connectivity index is 1.23. The highest BCUT2D eigenvalue weighted by molar-refractivity contribution is 6.76. The van der Waals surface area contributed by atoms with Gasteiger partial charge < -0.3 is 23.9 Å². The van der Waals surface area contributed by atoms with Crippen LogP contribution in [0.4, 0.5) is 0 Å². The molecule has 0 saturated heterocycles. The van der Waals surface area contributed by atoms with Crippen LogP contribution < -0.4 is 9.47 Å². The maximum atomic E-state index is 9.41. The Hall–Kier alpha value is -3.21. The summed E-state index contributed by atoms with van der Waals surface area (Å²) >= 11 is 12.8. The van der Waals surface area contributed by atoms with Crippen molar-refractivity contribution in [2.45, 2.75) is 57.5 Å². The molecule has 5 aromatic rings. The Kier molecular flexibility index (Phi) is 8.36. The molecule has 0 bridgehead atoms. The maximum absolute atomic E-state index is 9.41. The molecule has 224 valence electrons. The second-order valence-electron chi connectivity index (χ2n) is 12.3. The second-order valence-corrected chi connectivity index (χ2v) is 18.6. The van der Waals surface area contributed by atoms with Crippen molar-refractivity contribution >= 4 is 53.1 Å². The van der Waals surface area contributed by atoms with Gasteiger partial charge in [0.2, 0.25) is 5.28 Å². The predicted molar refractivity (Wildman–Crippen MR) is 173 cm³/mol. The van der Waals surface area contributed by atoms with E-state index < -0.39 is 8.07 Å². The lowest BCUT2D eigenvalue weighted by molar-refractivity contribution is 0.0899. The molecule has 0 radical (unpaired) electrons. The number of rotatable bonds is 12. The number of pyridine rings is 1. The number of halogens is 2. The monoisotopic (exact) mass is 636 g/mol. The van der Waals surface area contributed by atoms with Gasteiger partial charge in [0.25, 0.3) is 0 Å². The van der Waals surface area contributed by atoms with Crippen LogP contribution in [-0.2, 0) is 18.1 Å². The summed E-state index contributed by atoms with van der Waals surface area (Å²) in [4.78, 5) is 12.9. The number of fused-ring (bicyclic) bond motifs is 2. The lowest BCUT2D eigenvalue weighted by Crippen LogP contribution is -2.26. The van der Waals surface area contributed by atoms with Crippen LogP contribution in [0.3, 0.4) is 0 Å². The van der Waals surface area contributed by atoms with Crippen molar-refractivity contribution in [1.82, 2.24) is 19.5 Å². The molecule has 8 nitrogen and oxygen atoms in total. The van der Waals surface area contributed by atoms with Gasteiger partial charge in [0.15, 0.2) is 0 Å². The molecule has 2 aromatic carbocycles. The van der Waals surface area contributed by atoms with E-state index in [1.807, 2.05) is 29.0 Å². The van der Waals surface area contributed by atoms with E-state index in [0.717, 1.165) is 51.9 Å². The van der Waals surface area contributed by atoms with E-state index in [0.29, 0.717) is 42.1 Å². The minimum absolute atomic E-state index is 0.0766. The summed E-state index contributed by atoms with van der Waals surface area (Å²) in [7, 11) is -1.21. The van der Waals surface area contributed by atoms with Gasteiger partial charge in [-0.25, -0.2) is 4.98 Å².